The number of aliphatic hydroxyl groups excluding tert-OH is 1. The average molecular weight is 227 g/mol. The van der Waals surface area contributed by atoms with Crippen molar-refractivity contribution in [2.24, 2.45) is 0 Å². The highest BCUT2D eigenvalue weighted by molar-refractivity contribution is 7.09. The van der Waals surface area contributed by atoms with E-state index in [0.717, 1.165) is 23.8 Å². The van der Waals surface area contributed by atoms with E-state index in [1.165, 1.54) is 24.4 Å². The van der Waals surface area contributed by atoms with Crippen LogP contribution in [0.5, 0.6) is 0 Å². The van der Waals surface area contributed by atoms with Crippen LogP contribution in [0.4, 0.5) is 5.13 Å². The molecule has 1 aromatic heterocycles. The van der Waals surface area contributed by atoms with Gasteiger partial charge in [0.15, 0.2) is 0 Å². The zero-order valence-corrected chi connectivity index (χ0v) is 9.76. The first-order valence-corrected chi connectivity index (χ1v) is 6.31. The lowest BCUT2D eigenvalue weighted by atomic mass is 10.2. The van der Waals surface area contributed by atoms with Gasteiger partial charge in [0, 0.05) is 30.1 Å². The fraction of sp³-hybridized carbons (Fsp3) is 0.800. The van der Waals surface area contributed by atoms with Crippen LogP contribution in [-0.2, 0) is 0 Å². The van der Waals surface area contributed by atoms with Crippen molar-refractivity contribution in [2.75, 3.05) is 11.9 Å². The molecule has 4 nitrogen and oxygen atoms in total. The van der Waals surface area contributed by atoms with E-state index in [1.807, 2.05) is 0 Å². The van der Waals surface area contributed by atoms with Crippen LogP contribution in [0.3, 0.4) is 0 Å². The number of aliphatic hydroxyl groups is 1. The third-order valence-electron chi connectivity index (χ3n) is 2.68. The summed E-state index contributed by atoms with van der Waals surface area (Å²) in [6, 6.07) is 0.315. The van der Waals surface area contributed by atoms with Gasteiger partial charge in [0.2, 0.25) is 5.13 Å². The van der Waals surface area contributed by atoms with Crippen molar-refractivity contribution in [1.29, 1.82) is 0 Å². The monoisotopic (exact) mass is 227 g/mol. The largest absolute Gasteiger partial charge is 0.396 e. The topological polar surface area (TPSA) is 58.0 Å². The molecule has 0 radical (unpaired) electrons. The standard InChI is InChI=1S/C10H17N3OS/c1-2-8(5-6-14)11-10-12-9(13-15-10)7-3-4-7/h7-8,14H,2-6H2,1H3,(H,11,12,13). The molecule has 1 atom stereocenters. The van der Waals surface area contributed by atoms with Gasteiger partial charge in [-0.25, -0.2) is 4.98 Å². The van der Waals surface area contributed by atoms with Crippen LogP contribution >= 0.6 is 11.5 Å². The summed E-state index contributed by atoms with van der Waals surface area (Å²) in [5.74, 6) is 1.62. The molecule has 0 aromatic carbocycles. The zero-order valence-electron chi connectivity index (χ0n) is 8.94. The Morgan fingerprint density at radius 3 is 3.00 bits per heavy atom. The summed E-state index contributed by atoms with van der Waals surface area (Å²) in [5, 5.41) is 13.1. The minimum absolute atomic E-state index is 0.222. The Balaban J connectivity index is 1.90. The van der Waals surface area contributed by atoms with Gasteiger partial charge in [-0.15, -0.1) is 0 Å². The molecule has 1 aromatic rings. The summed E-state index contributed by atoms with van der Waals surface area (Å²) < 4.78 is 4.33. The van der Waals surface area contributed by atoms with Crippen LogP contribution in [0.25, 0.3) is 0 Å². The number of rotatable bonds is 6. The molecule has 84 valence electrons. The molecule has 1 aliphatic rings. The summed E-state index contributed by atoms with van der Waals surface area (Å²) in [5.41, 5.74) is 0. The molecule has 0 amide bonds. The zero-order chi connectivity index (χ0) is 10.7. The number of anilines is 1. The van der Waals surface area contributed by atoms with Crippen LogP contribution in [0.2, 0.25) is 0 Å². The van der Waals surface area contributed by atoms with E-state index >= 15 is 0 Å². The van der Waals surface area contributed by atoms with Gasteiger partial charge in [0.05, 0.1) is 0 Å². The molecule has 1 fully saturated rings. The Bertz CT molecular complexity index is 311. The van der Waals surface area contributed by atoms with Crippen molar-refractivity contribution in [3.05, 3.63) is 5.82 Å². The molecular formula is C10H17N3OS. The van der Waals surface area contributed by atoms with E-state index in [4.69, 9.17) is 5.11 Å². The Morgan fingerprint density at radius 2 is 2.40 bits per heavy atom. The van der Waals surface area contributed by atoms with E-state index in [9.17, 15) is 0 Å². The van der Waals surface area contributed by atoms with Crippen LogP contribution in [0.1, 0.15) is 44.3 Å². The molecule has 1 unspecified atom stereocenters. The van der Waals surface area contributed by atoms with Crippen LogP contribution < -0.4 is 5.32 Å². The molecule has 5 heteroatoms. The van der Waals surface area contributed by atoms with Crippen molar-refractivity contribution in [3.63, 3.8) is 0 Å². The third kappa shape index (κ3) is 2.89. The van der Waals surface area contributed by atoms with E-state index in [1.54, 1.807) is 0 Å². The predicted molar refractivity (Wildman–Crippen MR) is 61.3 cm³/mol. The quantitative estimate of drug-likeness (QED) is 0.780. The third-order valence-corrected chi connectivity index (χ3v) is 3.34. The first-order chi connectivity index (χ1) is 7.33. The van der Waals surface area contributed by atoms with Gasteiger partial charge in [-0.1, -0.05) is 6.92 Å². The number of nitrogens with zero attached hydrogens (tertiary/aromatic N) is 2. The normalized spacial score (nSPS) is 17.7. The second-order valence-electron chi connectivity index (χ2n) is 3.99. The maximum absolute atomic E-state index is 8.88. The van der Waals surface area contributed by atoms with Gasteiger partial charge >= 0.3 is 0 Å². The van der Waals surface area contributed by atoms with Crippen molar-refractivity contribution in [2.45, 2.75) is 44.6 Å². The lowest BCUT2D eigenvalue weighted by Crippen LogP contribution is -2.19. The minimum atomic E-state index is 0.222. The molecular weight excluding hydrogens is 210 g/mol. The number of aromatic nitrogens is 2. The molecule has 0 spiro atoms. The Kier molecular flexibility index (Phi) is 3.53. The van der Waals surface area contributed by atoms with Crippen molar-refractivity contribution >= 4 is 16.7 Å². The highest BCUT2D eigenvalue weighted by Crippen LogP contribution is 2.39. The first kappa shape index (κ1) is 10.8. The van der Waals surface area contributed by atoms with Gasteiger partial charge in [-0.2, -0.15) is 4.37 Å². The molecule has 2 N–H and O–H groups in total. The Labute approximate surface area is 93.9 Å². The van der Waals surface area contributed by atoms with Gasteiger partial charge in [0.25, 0.3) is 0 Å². The van der Waals surface area contributed by atoms with Crippen LogP contribution in [-0.4, -0.2) is 27.1 Å². The molecule has 1 aliphatic carbocycles. The number of nitrogens with one attached hydrogen (secondary N) is 1. The molecule has 1 heterocycles. The van der Waals surface area contributed by atoms with E-state index in [0.29, 0.717) is 12.0 Å². The molecule has 2 rings (SSSR count). The Hall–Kier alpha value is -0.680. The van der Waals surface area contributed by atoms with Gasteiger partial charge < -0.3 is 10.4 Å². The van der Waals surface area contributed by atoms with Gasteiger partial charge in [-0.3, -0.25) is 0 Å². The van der Waals surface area contributed by atoms with Crippen molar-refractivity contribution < 1.29 is 5.11 Å². The highest BCUT2D eigenvalue weighted by Gasteiger charge is 2.27. The summed E-state index contributed by atoms with van der Waals surface area (Å²) in [6.45, 7) is 2.33. The van der Waals surface area contributed by atoms with Gasteiger partial charge in [-0.05, 0) is 25.7 Å². The van der Waals surface area contributed by atoms with Crippen LogP contribution in [0, 0.1) is 0 Å². The van der Waals surface area contributed by atoms with E-state index < -0.39 is 0 Å². The SMILES string of the molecule is CCC(CCO)Nc1nc(C2CC2)ns1. The first-order valence-electron chi connectivity index (χ1n) is 5.54. The minimum Gasteiger partial charge on any atom is -0.396 e. The predicted octanol–water partition coefficient (Wildman–Crippen LogP) is 1.99. The molecule has 0 saturated heterocycles. The summed E-state index contributed by atoms with van der Waals surface area (Å²) >= 11 is 1.43. The molecule has 15 heavy (non-hydrogen) atoms. The van der Waals surface area contributed by atoms with Gasteiger partial charge in [0.1, 0.15) is 5.82 Å². The highest BCUT2D eigenvalue weighted by atomic mass is 32.1. The van der Waals surface area contributed by atoms with Crippen LogP contribution in [0.15, 0.2) is 0 Å². The molecule has 0 aliphatic heterocycles. The maximum atomic E-state index is 8.88. The number of hydrogen-bond acceptors (Lipinski definition) is 5. The van der Waals surface area contributed by atoms with E-state index in [-0.39, 0.29) is 6.61 Å². The van der Waals surface area contributed by atoms with Crippen molar-refractivity contribution in [3.8, 4) is 0 Å². The smallest absolute Gasteiger partial charge is 0.202 e. The fourth-order valence-electron chi connectivity index (χ4n) is 1.51. The summed E-state index contributed by atoms with van der Waals surface area (Å²) in [4.78, 5) is 4.46. The summed E-state index contributed by atoms with van der Waals surface area (Å²) in [6.07, 6.45) is 4.25. The summed E-state index contributed by atoms with van der Waals surface area (Å²) in [7, 11) is 0. The average Bonchev–Trinajstić information content (AvgIpc) is 2.99. The van der Waals surface area contributed by atoms with Crippen molar-refractivity contribution in [1.82, 2.24) is 9.36 Å². The Morgan fingerprint density at radius 1 is 1.60 bits per heavy atom. The lowest BCUT2D eigenvalue weighted by Gasteiger charge is -2.13. The lowest BCUT2D eigenvalue weighted by molar-refractivity contribution is 0.278. The molecule has 1 saturated carbocycles. The second kappa shape index (κ2) is 4.90. The molecule has 0 bridgehead atoms. The van der Waals surface area contributed by atoms with E-state index in [2.05, 4.69) is 21.6 Å². The second-order valence-corrected chi connectivity index (χ2v) is 4.75. The maximum Gasteiger partial charge on any atom is 0.202 e. The number of hydrogen-bond donors (Lipinski definition) is 2. The fourth-order valence-corrected chi connectivity index (χ4v) is 2.23.